The van der Waals surface area contributed by atoms with Crippen LogP contribution in [0.5, 0.6) is 0 Å². The molecule has 3 aromatic rings. The maximum absolute atomic E-state index is 5.92. The van der Waals surface area contributed by atoms with E-state index < -0.39 is 0 Å². The molecule has 1 aromatic carbocycles. The average molecular weight is 296 g/mol. The molecule has 0 spiro atoms. The third kappa shape index (κ3) is 3.42. The molecule has 21 heavy (non-hydrogen) atoms. The normalized spacial score (nSPS) is 10.4. The Kier molecular flexibility index (Phi) is 3.89. The lowest BCUT2D eigenvalue weighted by atomic mass is 10.2. The molecule has 104 valence electrons. The van der Waals surface area contributed by atoms with E-state index in [0.717, 1.165) is 35.4 Å². The monoisotopic (exact) mass is 295 g/mol. The first-order valence-corrected chi connectivity index (χ1v) is 7.15. The molecular weight excluding hydrogens is 282 g/mol. The van der Waals surface area contributed by atoms with Gasteiger partial charge in [-0.3, -0.25) is 0 Å². The zero-order valence-electron chi connectivity index (χ0n) is 11.7. The standard InChI is InChI=1S/C17H14ClN3/c1-13-11-17-19-16(9-10-21(17)20-13)8-3-2-5-14-6-4-7-15(18)12-14/h4,6-7,9-12H,3,8H2,1H3. The summed E-state index contributed by atoms with van der Waals surface area (Å²) in [5, 5.41) is 5.03. The zero-order chi connectivity index (χ0) is 14.7. The molecule has 0 N–H and O–H groups in total. The number of hydrogen-bond acceptors (Lipinski definition) is 2. The minimum atomic E-state index is 0.713. The summed E-state index contributed by atoms with van der Waals surface area (Å²) >= 11 is 5.92. The molecule has 0 radical (unpaired) electrons. The molecule has 3 nitrogen and oxygen atoms in total. The first-order chi connectivity index (χ1) is 10.2. The Labute approximate surface area is 128 Å². The summed E-state index contributed by atoms with van der Waals surface area (Å²) in [6.45, 7) is 1.96. The predicted molar refractivity (Wildman–Crippen MR) is 84.4 cm³/mol. The molecule has 0 unspecified atom stereocenters. The Morgan fingerprint density at radius 1 is 1.24 bits per heavy atom. The molecule has 0 aliphatic rings. The fourth-order valence-electron chi connectivity index (χ4n) is 2.10. The molecule has 0 bridgehead atoms. The molecule has 0 aliphatic carbocycles. The van der Waals surface area contributed by atoms with E-state index in [-0.39, 0.29) is 0 Å². The Bertz CT molecular complexity index is 840. The summed E-state index contributed by atoms with van der Waals surface area (Å²) in [5.41, 5.74) is 3.83. The van der Waals surface area contributed by atoms with Crippen LogP contribution in [0.1, 0.15) is 23.4 Å². The van der Waals surface area contributed by atoms with Crippen molar-refractivity contribution in [2.45, 2.75) is 19.8 Å². The summed E-state index contributed by atoms with van der Waals surface area (Å²) in [6.07, 6.45) is 3.53. The minimum absolute atomic E-state index is 0.713. The summed E-state index contributed by atoms with van der Waals surface area (Å²) in [5.74, 6) is 6.28. The van der Waals surface area contributed by atoms with Gasteiger partial charge in [-0.25, -0.2) is 9.50 Å². The van der Waals surface area contributed by atoms with Gasteiger partial charge in [0.05, 0.1) is 5.69 Å². The van der Waals surface area contributed by atoms with Crippen LogP contribution in [0.3, 0.4) is 0 Å². The lowest BCUT2D eigenvalue weighted by molar-refractivity contribution is 0.884. The quantitative estimate of drug-likeness (QED) is 0.675. The van der Waals surface area contributed by atoms with E-state index in [4.69, 9.17) is 11.6 Å². The first kappa shape index (κ1) is 13.7. The maximum atomic E-state index is 5.92. The third-order valence-corrected chi connectivity index (χ3v) is 3.30. The van der Waals surface area contributed by atoms with Crippen LogP contribution in [0.2, 0.25) is 5.02 Å². The van der Waals surface area contributed by atoms with E-state index in [2.05, 4.69) is 21.9 Å². The number of aromatic nitrogens is 3. The van der Waals surface area contributed by atoms with E-state index in [1.165, 1.54) is 0 Å². The lowest BCUT2D eigenvalue weighted by Crippen LogP contribution is -1.94. The number of halogens is 1. The van der Waals surface area contributed by atoms with Gasteiger partial charge in [0.2, 0.25) is 0 Å². The lowest BCUT2D eigenvalue weighted by Gasteiger charge is -1.97. The molecule has 2 aromatic heterocycles. The molecule has 4 heteroatoms. The number of aryl methyl sites for hydroxylation is 2. The average Bonchev–Trinajstić information content (AvgIpc) is 2.83. The Balaban J connectivity index is 1.67. The second-order valence-electron chi connectivity index (χ2n) is 4.82. The largest absolute Gasteiger partial charge is 0.234 e. The number of fused-ring (bicyclic) bond motifs is 1. The SMILES string of the molecule is Cc1cc2nc(CCC#Cc3cccc(Cl)c3)ccn2n1. The van der Waals surface area contributed by atoms with Crippen LogP contribution < -0.4 is 0 Å². The molecular formula is C17H14ClN3. The number of hydrogen-bond donors (Lipinski definition) is 0. The summed E-state index contributed by atoms with van der Waals surface area (Å²) < 4.78 is 1.79. The number of benzene rings is 1. The van der Waals surface area contributed by atoms with Crippen molar-refractivity contribution in [3.63, 3.8) is 0 Å². The molecule has 0 atom stereocenters. The summed E-state index contributed by atoms with van der Waals surface area (Å²) in [6, 6.07) is 11.5. The highest BCUT2D eigenvalue weighted by molar-refractivity contribution is 6.30. The van der Waals surface area contributed by atoms with Crippen molar-refractivity contribution in [3.8, 4) is 11.8 Å². The first-order valence-electron chi connectivity index (χ1n) is 6.77. The zero-order valence-corrected chi connectivity index (χ0v) is 12.4. The van der Waals surface area contributed by atoms with Crippen LogP contribution in [-0.2, 0) is 6.42 Å². The van der Waals surface area contributed by atoms with Crippen LogP contribution >= 0.6 is 11.6 Å². The van der Waals surface area contributed by atoms with Gasteiger partial charge in [-0.05, 0) is 31.2 Å². The van der Waals surface area contributed by atoms with E-state index in [1.54, 1.807) is 4.52 Å². The van der Waals surface area contributed by atoms with Crippen LogP contribution in [0.4, 0.5) is 0 Å². The fraction of sp³-hybridized carbons (Fsp3) is 0.176. The Morgan fingerprint density at radius 3 is 3.00 bits per heavy atom. The molecule has 0 saturated heterocycles. The maximum Gasteiger partial charge on any atom is 0.155 e. The van der Waals surface area contributed by atoms with Crippen molar-refractivity contribution in [3.05, 3.63) is 64.6 Å². The van der Waals surface area contributed by atoms with Crippen LogP contribution in [0.15, 0.2) is 42.6 Å². The second kappa shape index (κ2) is 5.99. The highest BCUT2D eigenvalue weighted by atomic mass is 35.5. The molecule has 2 heterocycles. The Hall–Kier alpha value is -2.31. The van der Waals surface area contributed by atoms with E-state index in [0.29, 0.717) is 5.02 Å². The smallest absolute Gasteiger partial charge is 0.155 e. The van der Waals surface area contributed by atoms with Gasteiger partial charge in [-0.1, -0.05) is 29.5 Å². The van der Waals surface area contributed by atoms with Crippen molar-refractivity contribution in [2.24, 2.45) is 0 Å². The highest BCUT2D eigenvalue weighted by Gasteiger charge is 2.00. The van der Waals surface area contributed by atoms with Gasteiger partial charge in [-0.2, -0.15) is 5.10 Å². The van der Waals surface area contributed by atoms with Crippen molar-refractivity contribution in [1.29, 1.82) is 0 Å². The van der Waals surface area contributed by atoms with Crippen molar-refractivity contribution >= 4 is 17.2 Å². The molecule has 0 amide bonds. The molecule has 0 aliphatic heterocycles. The Morgan fingerprint density at radius 2 is 2.14 bits per heavy atom. The highest BCUT2D eigenvalue weighted by Crippen LogP contribution is 2.10. The summed E-state index contributed by atoms with van der Waals surface area (Å²) in [7, 11) is 0. The summed E-state index contributed by atoms with van der Waals surface area (Å²) in [4.78, 5) is 4.57. The predicted octanol–water partition coefficient (Wildman–Crippen LogP) is 3.68. The molecule has 0 fully saturated rings. The third-order valence-electron chi connectivity index (χ3n) is 3.07. The van der Waals surface area contributed by atoms with Crippen molar-refractivity contribution < 1.29 is 0 Å². The van der Waals surface area contributed by atoms with Crippen LogP contribution in [-0.4, -0.2) is 14.6 Å². The van der Waals surface area contributed by atoms with Crippen molar-refractivity contribution in [2.75, 3.05) is 0 Å². The van der Waals surface area contributed by atoms with Gasteiger partial charge in [0.1, 0.15) is 0 Å². The van der Waals surface area contributed by atoms with Crippen LogP contribution in [0.25, 0.3) is 5.65 Å². The van der Waals surface area contributed by atoms with Gasteiger partial charge in [0, 0.05) is 41.4 Å². The topological polar surface area (TPSA) is 30.2 Å². The van der Waals surface area contributed by atoms with Gasteiger partial charge in [0.25, 0.3) is 0 Å². The van der Waals surface area contributed by atoms with Crippen molar-refractivity contribution in [1.82, 2.24) is 14.6 Å². The minimum Gasteiger partial charge on any atom is -0.234 e. The number of nitrogens with zero attached hydrogens (tertiary/aromatic N) is 3. The van der Waals surface area contributed by atoms with E-state index in [1.807, 2.05) is 49.5 Å². The van der Waals surface area contributed by atoms with Gasteiger partial charge < -0.3 is 0 Å². The van der Waals surface area contributed by atoms with Crippen LogP contribution in [0, 0.1) is 18.8 Å². The van der Waals surface area contributed by atoms with E-state index in [9.17, 15) is 0 Å². The molecule has 3 rings (SSSR count). The second-order valence-corrected chi connectivity index (χ2v) is 5.26. The number of rotatable bonds is 2. The fourth-order valence-corrected chi connectivity index (χ4v) is 2.29. The van der Waals surface area contributed by atoms with Gasteiger partial charge in [-0.15, -0.1) is 0 Å². The van der Waals surface area contributed by atoms with E-state index >= 15 is 0 Å². The van der Waals surface area contributed by atoms with Gasteiger partial charge in [0.15, 0.2) is 5.65 Å². The van der Waals surface area contributed by atoms with Gasteiger partial charge >= 0.3 is 0 Å². The molecule has 0 saturated carbocycles.